The molecule has 0 saturated carbocycles. The van der Waals surface area contributed by atoms with E-state index in [-0.39, 0.29) is 23.1 Å². The standard InChI is InChI=1S/C32H39N4O9P/c1-31(2,3)42-29(38)35-27(36-30(39)43-32(4,5)6)33-23-20-18-22(19-21-23)26(34-28(37)41-7)46(40,44-24-14-10-8-11-15-24)45-25-16-12-9-13-17-25/h8-21,26H,1-7H3,(H,34,37)(H2,33,35,36,38,39). The van der Waals surface area contributed by atoms with Crippen molar-refractivity contribution in [3.8, 4) is 11.5 Å². The molecule has 1 unspecified atom stereocenters. The fraction of sp³-hybridized carbons (Fsp3) is 0.312. The summed E-state index contributed by atoms with van der Waals surface area (Å²) in [6.07, 6.45) is -2.61. The number of alkyl carbamates (subject to hydrolysis) is 3. The largest absolute Gasteiger partial charge is 0.457 e. The van der Waals surface area contributed by atoms with Crippen LogP contribution in [-0.4, -0.2) is 42.6 Å². The topological polar surface area (TPSA) is 163 Å². The Balaban J connectivity index is 2.01. The monoisotopic (exact) mass is 654 g/mol. The molecule has 0 aliphatic rings. The number of benzene rings is 3. The van der Waals surface area contributed by atoms with Gasteiger partial charge in [0.1, 0.15) is 22.7 Å². The van der Waals surface area contributed by atoms with Gasteiger partial charge in [0.2, 0.25) is 5.96 Å². The highest BCUT2D eigenvalue weighted by molar-refractivity contribution is 7.55. The molecule has 13 nitrogen and oxygen atoms in total. The van der Waals surface area contributed by atoms with Crippen molar-refractivity contribution < 1.29 is 42.2 Å². The molecule has 0 saturated heterocycles. The number of amides is 3. The van der Waals surface area contributed by atoms with Gasteiger partial charge in [0.15, 0.2) is 5.78 Å². The van der Waals surface area contributed by atoms with Gasteiger partial charge in [0, 0.05) is 0 Å². The zero-order valence-corrected chi connectivity index (χ0v) is 27.6. The molecule has 3 rings (SSSR count). The molecule has 0 bridgehead atoms. The second-order valence-corrected chi connectivity index (χ2v) is 13.7. The predicted octanol–water partition coefficient (Wildman–Crippen LogP) is 7.43. The highest BCUT2D eigenvalue weighted by Gasteiger charge is 2.42. The molecule has 0 radical (unpaired) electrons. The van der Waals surface area contributed by atoms with E-state index < -0.39 is 42.9 Å². The predicted molar refractivity (Wildman–Crippen MR) is 172 cm³/mol. The number of ether oxygens (including phenoxy) is 3. The van der Waals surface area contributed by atoms with Crippen LogP contribution in [-0.2, 0) is 18.8 Å². The molecule has 14 heteroatoms. The Labute approximate surface area is 268 Å². The second-order valence-electron chi connectivity index (χ2n) is 11.7. The molecule has 0 heterocycles. The van der Waals surface area contributed by atoms with E-state index in [2.05, 4.69) is 20.9 Å². The van der Waals surface area contributed by atoms with Crippen LogP contribution in [0.15, 0.2) is 89.9 Å². The number of guanidine groups is 1. The molecule has 0 fully saturated rings. The van der Waals surface area contributed by atoms with Crippen molar-refractivity contribution in [2.45, 2.75) is 58.5 Å². The first kappa shape index (κ1) is 35.4. The van der Waals surface area contributed by atoms with Crippen molar-refractivity contribution in [1.82, 2.24) is 16.0 Å². The van der Waals surface area contributed by atoms with Crippen molar-refractivity contribution in [2.75, 3.05) is 7.11 Å². The molecule has 0 aliphatic carbocycles. The van der Waals surface area contributed by atoms with Gasteiger partial charge >= 0.3 is 25.9 Å². The van der Waals surface area contributed by atoms with E-state index in [4.69, 9.17) is 23.3 Å². The summed E-state index contributed by atoms with van der Waals surface area (Å²) < 4.78 is 41.8. The normalized spacial score (nSPS) is 12.1. The average molecular weight is 655 g/mol. The van der Waals surface area contributed by atoms with E-state index in [1.165, 1.54) is 31.4 Å². The lowest BCUT2D eigenvalue weighted by molar-refractivity contribution is 0.0545. The zero-order valence-electron chi connectivity index (χ0n) is 26.7. The summed E-state index contributed by atoms with van der Waals surface area (Å²) in [5.74, 6) is -1.14. The Morgan fingerprint density at radius 2 is 1.11 bits per heavy atom. The second kappa shape index (κ2) is 15.3. The lowest BCUT2D eigenvalue weighted by Gasteiger charge is -2.28. The minimum absolute atomic E-state index is 0.241. The smallest absolute Gasteiger partial charge is 0.453 e. The lowest BCUT2D eigenvalue weighted by atomic mass is 10.2. The Kier molecular flexibility index (Phi) is 11.8. The van der Waals surface area contributed by atoms with Crippen LogP contribution in [0.5, 0.6) is 11.5 Å². The SMILES string of the molecule is COC(=O)NC(c1ccc(N=C(NC(=O)OC(C)(C)C)NC(=O)OC(C)(C)C)cc1)P(=O)(Oc1ccccc1)Oc1ccccc1. The Hall–Kier alpha value is -5.03. The van der Waals surface area contributed by atoms with Gasteiger partial charge in [-0.2, -0.15) is 0 Å². The van der Waals surface area contributed by atoms with Crippen molar-refractivity contribution in [2.24, 2.45) is 4.99 Å². The average Bonchev–Trinajstić information content (AvgIpc) is 2.95. The quantitative estimate of drug-likeness (QED) is 0.0970. The Bertz CT molecular complexity index is 1470. The number of aliphatic imine (C=N–C) groups is 1. The molecule has 0 aromatic heterocycles. The van der Waals surface area contributed by atoms with Gasteiger partial charge in [-0.1, -0.05) is 48.5 Å². The molecular formula is C32H39N4O9P. The molecule has 1 atom stereocenters. The number of para-hydroxylation sites is 2. The molecular weight excluding hydrogens is 615 g/mol. The van der Waals surface area contributed by atoms with Gasteiger partial charge in [0.25, 0.3) is 0 Å². The van der Waals surface area contributed by atoms with Crippen LogP contribution in [0.2, 0.25) is 0 Å². The van der Waals surface area contributed by atoms with Crippen LogP contribution < -0.4 is 25.0 Å². The fourth-order valence-corrected chi connectivity index (χ4v) is 5.52. The third-order valence-electron chi connectivity index (χ3n) is 5.40. The van der Waals surface area contributed by atoms with Crippen LogP contribution in [0.1, 0.15) is 52.9 Å². The van der Waals surface area contributed by atoms with Gasteiger partial charge in [0.05, 0.1) is 12.8 Å². The van der Waals surface area contributed by atoms with Crippen molar-refractivity contribution in [3.05, 3.63) is 90.5 Å². The number of hydrogen-bond donors (Lipinski definition) is 3. The van der Waals surface area contributed by atoms with Crippen molar-refractivity contribution >= 4 is 37.5 Å². The summed E-state index contributed by atoms with van der Waals surface area (Å²) in [6, 6.07) is 22.8. The number of rotatable bonds is 8. The highest BCUT2D eigenvalue weighted by atomic mass is 31.2. The molecule has 0 spiro atoms. The fourth-order valence-electron chi connectivity index (χ4n) is 3.64. The molecule has 46 heavy (non-hydrogen) atoms. The summed E-state index contributed by atoms with van der Waals surface area (Å²) in [5.41, 5.74) is -1.07. The van der Waals surface area contributed by atoms with Crippen LogP contribution in [0, 0.1) is 0 Å². The number of nitrogens with zero attached hydrogens (tertiary/aromatic N) is 1. The number of carbonyl (C=O) groups is 3. The van der Waals surface area contributed by atoms with Crippen LogP contribution in [0.4, 0.5) is 20.1 Å². The van der Waals surface area contributed by atoms with Crippen LogP contribution >= 0.6 is 7.60 Å². The van der Waals surface area contributed by atoms with Gasteiger partial charge in [-0.3, -0.25) is 10.6 Å². The van der Waals surface area contributed by atoms with Crippen LogP contribution in [0.3, 0.4) is 0 Å². The van der Waals surface area contributed by atoms with Crippen LogP contribution in [0.25, 0.3) is 0 Å². The third-order valence-corrected chi connectivity index (χ3v) is 7.39. The minimum Gasteiger partial charge on any atom is -0.453 e. The Morgan fingerprint density at radius 1 is 0.674 bits per heavy atom. The first-order chi connectivity index (χ1) is 21.5. The summed E-state index contributed by atoms with van der Waals surface area (Å²) >= 11 is 0. The van der Waals surface area contributed by atoms with E-state index in [0.717, 1.165) is 0 Å². The molecule has 3 amide bonds. The third kappa shape index (κ3) is 11.8. The number of methoxy groups -OCH3 is 1. The summed E-state index contributed by atoms with van der Waals surface area (Å²) in [4.78, 5) is 41.8. The molecule has 3 aromatic carbocycles. The number of nitrogens with one attached hydrogen (secondary N) is 3. The van der Waals surface area contributed by atoms with Crippen molar-refractivity contribution in [1.29, 1.82) is 0 Å². The molecule has 246 valence electrons. The number of carbonyl (C=O) groups excluding carboxylic acids is 3. The maximum absolute atomic E-state index is 14.6. The van der Waals surface area contributed by atoms with Gasteiger partial charge in [-0.15, -0.1) is 0 Å². The van der Waals surface area contributed by atoms with Gasteiger partial charge in [-0.05, 0) is 83.5 Å². The van der Waals surface area contributed by atoms with E-state index in [1.807, 2.05) is 0 Å². The first-order valence-electron chi connectivity index (χ1n) is 14.2. The van der Waals surface area contributed by atoms with E-state index in [9.17, 15) is 18.9 Å². The summed E-state index contributed by atoms with van der Waals surface area (Å²) in [6.45, 7) is 10.1. The summed E-state index contributed by atoms with van der Waals surface area (Å²) in [5, 5.41) is 7.38. The summed E-state index contributed by atoms with van der Waals surface area (Å²) in [7, 11) is -3.11. The molecule has 3 aromatic rings. The molecule has 3 N–H and O–H groups in total. The first-order valence-corrected chi connectivity index (χ1v) is 15.8. The maximum Gasteiger partial charge on any atom is 0.457 e. The van der Waals surface area contributed by atoms with Gasteiger partial charge < -0.3 is 28.6 Å². The number of hydrogen-bond acceptors (Lipinski definition) is 10. The van der Waals surface area contributed by atoms with E-state index in [0.29, 0.717) is 5.56 Å². The van der Waals surface area contributed by atoms with Crippen molar-refractivity contribution in [3.63, 3.8) is 0 Å². The highest BCUT2D eigenvalue weighted by Crippen LogP contribution is 2.59. The minimum atomic E-state index is -4.28. The van der Waals surface area contributed by atoms with E-state index in [1.54, 1.807) is 102 Å². The Morgan fingerprint density at radius 3 is 1.50 bits per heavy atom. The maximum atomic E-state index is 14.6. The zero-order chi connectivity index (χ0) is 34.0. The molecule has 0 aliphatic heterocycles. The van der Waals surface area contributed by atoms with E-state index >= 15 is 0 Å². The lowest BCUT2D eigenvalue weighted by Crippen LogP contribution is -2.47. The van der Waals surface area contributed by atoms with Gasteiger partial charge in [-0.25, -0.2) is 23.9 Å².